The van der Waals surface area contributed by atoms with Crippen molar-refractivity contribution in [1.82, 2.24) is 15.5 Å². The molecule has 0 spiro atoms. The number of nitrogens with zero attached hydrogens (tertiary/aromatic N) is 3. The number of carbonyl (C=O) groups is 1. The average Bonchev–Trinajstić information content (AvgIpc) is 3.21. The molecule has 2 aliphatic heterocycles. The number of carbonyl (C=O) groups excluding carboxylic acids is 1. The number of aromatic nitrogens is 2. The van der Waals surface area contributed by atoms with Crippen LogP contribution in [0.3, 0.4) is 0 Å². The largest absolute Gasteiger partial charge is 0.490 e. The third kappa shape index (κ3) is 4.54. The fraction of sp³-hybridized carbons (Fsp3) is 0.450. The summed E-state index contributed by atoms with van der Waals surface area (Å²) in [6.45, 7) is 3.50. The minimum Gasteiger partial charge on any atom is -0.490 e. The Morgan fingerprint density at radius 2 is 1.96 bits per heavy atom. The summed E-state index contributed by atoms with van der Waals surface area (Å²) in [4.78, 5) is 14.7. The predicted molar refractivity (Wildman–Crippen MR) is 104 cm³/mol. The van der Waals surface area contributed by atoms with Gasteiger partial charge in [-0.25, -0.2) is 0 Å². The topological polar surface area (TPSA) is 79.4 Å². The van der Waals surface area contributed by atoms with Crippen LogP contribution in [0.5, 0.6) is 5.75 Å². The lowest BCUT2D eigenvalue weighted by Crippen LogP contribution is -2.34. The minimum atomic E-state index is -0.0438. The Hall–Kier alpha value is -2.67. The minimum absolute atomic E-state index is 0.0438. The van der Waals surface area contributed by atoms with Gasteiger partial charge in [0.1, 0.15) is 11.9 Å². The number of piperidine rings is 1. The summed E-state index contributed by atoms with van der Waals surface area (Å²) in [6.07, 6.45) is 4.81. The molecule has 1 atom stereocenters. The number of amides is 1. The number of hydrogen-bond donors (Lipinski definition) is 2. The lowest BCUT2D eigenvalue weighted by molar-refractivity contribution is -0.119. The molecule has 1 aromatic carbocycles. The molecule has 0 saturated carbocycles. The Balaban J connectivity index is 1.29. The molecule has 0 unspecified atom stereocenters. The maximum atomic E-state index is 12.6. The number of hydrogen-bond acceptors (Lipinski definition) is 6. The molecule has 7 heteroatoms. The molecule has 27 heavy (non-hydrogen) atoms. The Morgan fingerprint density at radius 1 is 1.15 bits per heavy atom. The molecule has 0 radical (unpaired) electrons. The summed E-state index contributed by atoms with van der Waals surface area (Å²) >= 11 is 0. The van der Waals surface area contributed by atoms with Gasteiger partial charge < -0.3 is 20.3 Å². The molecule has 2 saturated heterocycles. The summed E-state index contributed by atoms with van der Waals surface area (Å²) in [5, 5.41) is 14.4. The number of rotatable bonds is 5. The second-order valence-electron chi connectivity index (χ2n) is 7.09. The standard InChI is InChI=1S/C20H25N5O2/c26-20(15-9-13-25(14-15)19-2-1-10-22-24-19)23-16-3-5-17(6-4-16)27-18-7-11-21-12-8-18/h1-6,10,15,18,21H,7-9,11-14H2,(H,23,26)/t15-/m0/s1. The molecular formula is C20H25N5O2. The van der Waals surface area contributed by atoms with Crippen molar-refractivity contribution in [3.63, 3.8) is 0 Å². The van der Waals surface area contributed by atoms with E-state index in [0.717, 1.165) is 56.2 Å². The van der Waals surface area contributed by atoms with Crippen LogP contribution in [-0.2, 0) is 4.79 Å². The van der Waals surface area contributed by atoms with Gasteiger partial charge in [-0.1, -0.05) is 0 Å². The van der Waals surface area contributed by atoms with Gasteiger partial charge in [0.15, 0.2) is 5.82 Å². The third-order valence-electron chi connectivity index (χ3n) is 5.15. The van der Waals surface area contributed by atoms with E-state index in [-0.39, 0.29) is 17.9 Å². The Kier molecular flexibility index (Phi) is 5.48. The number of anilines is 2. The first-order chi connectivity index (χ1) is 13.3. The van der Waals surface area contributed by atoms with E-state index in [1.165, 1.54) is 0 Å². The maximum Gasteiger partial charge on any atom is 0.229 e. The number of ether oxygens (including phenoxy) is 1. The second-order valence-corrected chi connectivity index (χ2v) is 7.09. The van der Waals surface area contributed by atoms with Crippen LogP contribution in [0.25, 0.3) is 0 Å². The lowest BCUT2D eigenvalue weighted by atomic mass is 10.1. The van der Waals surface area contributed by atoms with Crippen LogP contribution in [0.15, 0.2) is 42.6 Å². The summed E-state index contributed by atoms with van der Waals surface area (Å²) in [5.41, 5.74) is 0.801. The zero-order valence-electron chi connectivity index (χ0n) is 15.3. The SMILES string of the molecule is O=C(Nc1ccc(OC2CCNCC2)cc1)[C@H]1CCN(c2cccnn2)C1. The molecule has 2 N–H and O–H groups in total. The molecule has 3 heterocycles. The van der Waals surface area contributed by atoms with E-state index >= 15 is 0 Å². The first kappa shape index (κ1) is 17.7. The Labute approximate surface area is 159 Å². The molecule has 4 rings (SSSR count). The van der Waals surface area contributed by atoms with Crippen LogP contribution in [0.1, 0.15) is 19.3 Å². The molecule has 2 aromatic rings. The second kappa shape index (κ2) is 8.35. The van der Waals surface area contributed by atoms with Gasteiger partial charge >= 0.3 is 0 Å². The molecule has 0 aliphatic carbocycles. The summed E-state index contributed by atoms with van der Waals surface area (Å²) < 4.78 is 6.01. The Morgan fingerprint density at radius 3 is 2.70 bits per heavy atom. The molecule has 1 amide bonds. The zero-order valence-corrected chi connectivity index (χ0v) is 15.3. The fourth-order valence-electron chi connectivity index (χ4n) is 3.61. The van der Waals surface area contributed by atoms with Gasteiger partial charge in [-0.15, -0.1) is 5.10 Å². The first-order valence-corrected chi connectivity index (χ1v) is 9.59. The average molecular weight is 367 g/mol. The highest BCUT2D eigenvalue weighted by molar-refractivity contribution is 5.93. The molecule has 2 fully saturated rings. The van der Waals surface area contributed by atoms with Crippen molar-refractivity contribution in [2.45, 2.75) is 25.4 Å². The van der Waals surface area contributed by atoms with Crippen molar-refractivity contribution in [2.24, 2.45) is 5.92 Å². The van der Waals surface area contributed by atoms with Crippen molar-refractivity contribution in [3.8, 4) is 5.75 Å². The van der Waals surface area contributed by atoms with Crippen LogP contribution in [0, 0.1) is 5.92 Å². The normalized spacial score (nSPS) is 20.4. The van der Waals surface area contributed by atoms with Gasteiger partial charge in [-0.2, -0.15) is 5.10 Å². The van der Waals surface area contributed by atoms with E-state index in [4.69, 9.17) is 4.74 Å². The van der Waals surface area contributed by atoms with Gasteiger partial charge in [0.25, 0.3) is 0 Å². The fourth-order valence-corrected chi connectivity index (χ4v) is 3.61. The van der Waals surface area contributed by atoms with Crippen molar-refractivity contribution >= 4 is 17.4 Å². The predicted octanol–water partition coefficient (Wildman–Crippen LogP) is 2.07. The van der Waals surface area contributed by atoms with Crippen LogP contribution in [-0.4, -0.2) is 48.4 Å². The summed E-state index contributed by atoms with van der Waals surface area (Å²) in [6, 6.07) is 11.5. The number of benzene rings is 1. The van der Waals surface area contributed by atoms with Gasteiger partial charge in [-0.3, -0.25) is 4.79 Å². The Bertz CT molecular complexity index is 747. The lowest BCUT2D eigenvalue weighted by Gasteiger charge is -2.23. The van der Waals surface area contributed by atoms with Crippen LogP contribution < -0.4 is 20.3 Å². The number of nitrogens with one attached hydrogen (secondary N) is 2. The van der Waals surface area contributed by atoms with E-state index in [9.17, 15) is 4.79 Å². The van der Waals surface area contributed by atoms with E-state index in [1.807, 2.05) is 36.4 Å². The molecule has 0 bridgehead atoms. The molecule has 142 valence electrons. The summed E-state index contributed by atoms with van der Waals surface area (Å²) in [7, 11) is 0. The highest BCUT2D eigenvalue weighted by Crippen LogP contribution is 2.24. The van der Waals surface area contributed by atoms with Crippen molar-refractivity contribution < 1.29 is 9.53 Å². The van der Waals surface area contributed by atoms with E-state index < -0.39 is 0 Å². The van der Waals surface area contributed by atoms with Gasteiger partial charge in [0, 0.05) is 25.0 Å². The van der Waals surface area contributed by atoms with Crippen LogP contribution >= 0.6 is 0 Å². The van der Waals surface area contributed by atoms with Crippen LogP contribution in [0.2, 0.25) is 0 Å². The van der Waals surface area contributed by atoms with Gasteiger partial charge in [0.2, 0.25) is 5.91 Å². The van der Waals surface area contributed by atoms with Gasteiger partial charge in [0.05, 0.1) is 5.92 Å². The van der Waals surface area contributed by atoms with Crippen molar-refractivity contribution in [2.75, 3.05) is 36.4 Å². The van der Waals surface area contributed by atoms with Crippen molar-refractivity contribution in [1.29, 1.82) is 0 Å². The smallest absolute Gasteiger partial charge is 0.229 e. The van der Waals surface area contributed by atoms with Gasteiger partial charge in [-0.05, 0) is 68.8 Å². The molecule has 7 nitrogen and oxygen atoms in total. The van der Waals surface area contributed by atoms with Crippen LogP contribution in [0.4, 0.5) is 11.5 Å². The van der Waals surface area contributed by atoms with E-state index in [2.05, 4.69) is 25.7 Å². The maximum absolute atomic E-state index is 12.6. The van der Waals surface area contributed by atoms with Crippen molar-refractivity contribution in [3.05, 3.63) is 42.6 Å². The molecule has 1 aromatic heterocycles. The highest BCUT2D eigenvalue weighted by Gasteiger charge is 2.29. The molecule has 2 aliphatic rings. The highest BCUT2D eigenvalue weighted by atomic mass is 16.5. The molecular weight excluding hydrogens is 342 g/mol. The summed E-state index contributed by atoms with van der Waals surface area (Å²) in [5.74, 6) is 1.69. The third-order valence-corrected chi connectivity index (χ3v) is 5.15. The first-order valence-electron chi connectivity index (χ1n) is 9.59. The zero-order chi connectivity index (χ0) is 18.5. The quantitative estimate of drug-likeness (QED) is 0.842. The van der Waals surface area contributed by atoms with E-state index in [1.54, 1.807) is 6.20 Å². The monoisotopic (exact) mass is 367 g/mol. The van der Waals surface area contributed by atoms with E-state index in [0.29, 0.717) is 6.54 Å².